The highest BCUT2D eigenvalue weighted by Gasteiger charge is 2.51. The van der Waals surface area contributed by atoms with Gasteiger partial charge in [-0.15, -0.1) is 0 Å². The van der Waals surface area contributed by atoms with Crippen LogP contribution in [0.1, 0.15) is 20.8 Å². The van der Waals surface area contributed by atoms with E-state index in [0.717, 1.165) is 0 Å². The molecule has 4 unspecified atom stereocenters. The predicted octanol–water partition coefficient (Wildman–Crippen LogP) is -3.39. The van der Waals surface area contributed by atoms with Gasteiger partial charge in [0.2, 0.25) is 11.8 Å². The second kappa shape index (κ2) is 10.8. The van der Waals surface area contributed by atoms with Crippen LogP contribution in [0.4, 0.5) is 0 Å². The van der Waals surface area contributed by atoms with Crippen molar-refractivity contribution in [3.05, 3.63) is 0 Å². The van der Waals surface area contributed by atoms with Gasteiger partial charge in [0.05, 0.1) is 25.4 Å². The zero-order chi connectivity index (χ0) is 22.6. The molecular weight excluding hydrogens is 404 g/mol. The standard InChI is InChI=1S/C18H32N2O10/c1-7-12(19-8(2)23)14(25)17(11(6-22)28-7)30-18-13(20-9(3)24)15(26)16(27-4)10(5-21)29-18/h7,10-18,21-22,25-26H,5-6H2,1-4H3,(H,19,23)(H,20,24)/t7-,10?,11?,12+,13+,14?,15?,16-,17+,18+/m0/s1. The van der Waals surface area contributed by atoms with Crippen molar-refractivity contribution in [1.29, 1.82) is 0 Å². The largest absolute Gasteiger partial charge is 0.394 e. The lowest BCUT2D eigenvalue weighted by Gasteiger charge is -2.48. The van der Waals surface area contributed by atoms with Crippen LogP contribution in [0.15, 0.2) is 0 Å². The minimum Gasteiger partial charge on any atom is -0.394 e. The Hall–Kier alpha value is -1.38. The van der Waals surface area contributed by atoms with Crippen LogP contribution in [-0.2, 0) is 28.5 Å². The van der Waals surface area contributed by atoms with Crippen molar-refractivity contribution in [1.82, 2.24) is 10.6 Å². The molecule has 2 amide bonds. The van der Waals surface area contributed by atoms with Gasteiger partial charge in [0.1, 0.15) is 42.7 Å². The molecule has 30 heavy (non-hydrogen) atoms. The maximum absolute atomic E-state index is 11.7. The number of rotatable bonds is 7. The van der Waals surface area contributed by atoms with Gasteiger partial charge in [-0.05, 0) is 6.92 Å². The lowest BCUT2D eigenvalue weighted by atomic mass is 9.92. The molecule has 10 atom stereocenters. The Kier molecular flexibility index (Phi) is 8.94. The third-order valence-electron chi connectivity index (χ3n) is 5.30. The minimum absolute atomic E-state index is 0.389. The molecule has 0 radical (unpaired) electrons. The highest BCUT2D eigenvalue weighted by Crippen LogP contribution is 2.30. The van der Waals surface area contributed by atoms with E-state index in [1.54, 1.807) is 6.92 Å². The van der Waals surface area contributed by atoms with Crippen LogP contribution in [0.3, 0.4) is 0 Å². The molecule has 2 aliphatic heterocycles. The number of aliphatic hydroxyl groups is 4. The fourth-order valence-corrected chi connectivity index (χ4v) is 3.91. The van der Waals surface area contributed by atoms with Crippen molar-refractivity contribution < 1.29 is 49.0 Å². The molecule has 2 heterocycles. The number of carbonyl (C=O) groups is 2. The van der Waals surface area contributed by atoms with E-state index in [4.69, 9.17) is 18.9 Å². The van der Waals surface area contributed by atoms with Crippen LogP contribution in [0.2, 0.25) is 0 Å². The van der Waals surface area contributed by atoms with Crippen molar-refractivity contribution in [2.75, 3.05) is 20.3 Å². The normalized spacial score (nSPS) is 41.9. The number of methoxy groups -OCH3 is 1. The molecule has 0 aromatic rings. The Labute approximate surface area is 174 Å². The summed E-state index contributed by atoms with van der Waals surface area (Å²) in [6.07, 6.45) is -8.57. The summed E-state index contributed by atoms with van der Waals surface area (Å²) in [5, 5.41) is 45.9. The first-order valence-corrected chi connectivity index (χ1v) is 9.75. The molecule has 0 saturated carbocycles. The molecule has 0 aliphatic carbocycles. The van der Waals surface area contributed by atoms with E-state index in [1.807, 2.05) is 0 Å². The van der Waals surface area contributed by atoms with Crippen molar-refractivity contribution in [2.45, 2.75) is 81.9 Å². The molecular formula is C18H32N2O10. The van der Waals surface area contributed by atoms with Crippen molar-refractivity contribution >= 4 is 11.8 Å². The Balaban J connectivity index is 2.28. The summed E-state index contributed by atoms with van der Waals surface area (Å²) < 4.78 is 22.4. The van der Waals surface area contributed by atoms with Crippen LogP contribution in [0.5, 0.6) is 0 Å². The summed E-state index contributed by atoms with van der Waals surface area (Å²) in [6, 6.07) is -1.93. The van der Waals surface area contributed by atoms with Gasteiger partial charge in [-0.3, -0.25) is 9.59 Å². The summed E-state index contributed by atoms with van der Waals surface area (Å²) in [7, 11) is 1.33. The average molecular weight is 436 g/mol. The molecule has 2 saturated heterocycles. The summed E-state index contributed by atoms with van der Waals surface area (Å²) >= 11 is 0. The van der Waals surface area contributed by atoms with Gasteiger partial charge in [0.15, 0.2) is 6.29 Å². The summed E-state index contributed by atoms with van der Waals surface area (Å²) in [6.45, 7) is 3.17. The first kappa shape index (κ1) is 24.9. The molecule has 12 nitrogen and oxygen atoms in total. The molecule has 0 spiro atoms. The zero-order valence-corrected chi connectivity index (χ0v) is 17.4. The SMILES string of the molecule is CO[C@H]1C(CO)O[C@H](O[C@@H]2C(CO)O[C@@H](C)[C@@H](NC(C)=O)C2O)[C@H](NC(C)=O)C1O. The van der Waals surface area contributed by atoms with E-state index in [1.165, 1.54) is 21.0 Å². The van der Waals surface area contributed by atoms with E-state index in [-0.39, 0.29) is 5.91 Å². The van der Waals surface area contributed by atoms with Crippen LogP contribution in [-0.4, -0.2) is 114 Å². The number of carbonyl (C=O) groups excluding carboxylic acids is 2. The Morgan fingerprint density at radius 3 is 1.90 bits per heavy atom. The molecule has 2 rings (SSSR count). The van der Waals surface area contributed by atoms with Gasteiger partial charge < -0.3 is 50.0 Å². The highest BCUT2D eigenvalue weighted by molar-refractivity contribution is 5.73. The minimum atomic E-state index is -1.31. The topological polar surface area (TPSA) is 176 Å². The van der Waals surface area contributed by atoms with Gasteiger partial charge in [-0.2, -0.15) is 0 Å². The molecule has 2 aliphatic rings. The Morgan fingerprint density at radius 2 is 1.40 bits per heavy atom. The van der Waals surface area contributed by atoms with E-state index in [0.29, 0.717) is 0 Å². The monoisotopic (exact) mass is 436 g/mol. The fourth-order valence-electron chi connectivity index (χ4n) is 3.91. The molecule has 0 aromatic carbocycles. The molecule has 12 heteroatoms. The van der Waals surface area contributed by atoms with Gasteiger partial charge in [0.25, 0.3) is 0 Å². The molecule has 6 N–H and O–H groups in total. The smallest absolute Gasteiger partial charge is 0.217 e. The van der Waals surface area contributed by atoms with Gasteiger partial charge in [-0.25, -0.2) is 0 Å². The van der Waals surface area contributed by atoms with E-state index in [2.05, 4.69) is 10.6 Å². The number of aliphatic hydroxyl groups excluding tert-OH is 4. The molecule has 0 aromatic heterocycles. The van der Waals surface area contributed by atoms with E-state index in [9.17, 15) is 30.0 Å². The van der Waals surface area contributed by atoms with E-state index >= 15 is 0 Å². The third kappa shape index (κ3) is 5.45. The van der Waals surface area contributed by atoms with Gasteiger partial charge in [-0.1, -0.05) is 0 Å². The van der Waals surface area contributed by atoms with Gasteiger partial charge in [0, 0.05) is 21.0 Å². The maximum atomic E-state index is 11.7. The van der Waals surface area contributed by atoms with Crippen LogP contribution < -0.4 is 10.6 Å². The van der Waals surface area contributed by atoms with Crippen molar-refractivity contribution in [2.24, 2.45) is 0 Å². The predicted molar refractivity (Wildman–Crippen MR) is 100 cm³/mol. The Bertz CT molecular complexity index is 593. The number of nitrogens with one attached hydrogen (secondary N) is 2. The maximum Gasteiger partial charge on any atom is 0.217 e. The summed E-state index contributed by atoms with van der Waals surface area (Å²) in [5.41, 5.74) is 0. The number of hydrogen-bond donors (Lipinski definition) is 6. The van der Waals surface area contributed by atoms with Crippen LogP contribution in [0.25, 0.3) is 0 Å². The Morgan fingerprint density at radius 1 is 0.900 bits per heavy atom. The van der Waals surface area contributed by atoms with Crippen molar-refractivity contribution in [3.63, 3.8) is 0 Å². The highest BCUT2D eigenvalue weighted by atomic mass is 16.7. The second-order valence-corrected chi connectivity index (χ2v) is 7.52. The first-order valence-electron chi connectivity index (χ1n) is 9.75. The van der Waals surface area contributed by atoms with E-state index < -0.39 is 80.2 Å². The third-order valence-corrected chi connectivity index (χ3v) is 5.30. The fraction of sp³-hybridized carbons (Fsp3) is 0.889. The molecule has 2 fully saturated rings. The van der Waals surface area contributed by atoms with Crippen LogP contribution in [0, 0.1) is 0 Å². The number of amides is 2. The summed E-state index contributed by atoms with van der Waals surface area (Å²) in [4.78, 5) is 23.2. The quantitative estimate of drug-likeness (QED) is 0.236. The van der Waals surface area contributed by atoms with Crippen LogP contribution >= 0.6 is 0 Å². The first-order chi connectivity index (χ1) is 14.1. The average Bonchev–Trinajstić information content (AvgIpc) is 2.68. The van der Waals surface area contributed by atoms with Crippen molar-refractivity contribution in [3.8, 4) is 0 Å². The zero-order valence-electron chi connectivity index (χ0n) is 17.4. The lowest BCUT2D eigenvalue weighted by molar-refractivity contribution is -0.315. The number of ether oxygens (including phenoxy) is 4. The molecule has 0 bridgehead atoms. The van der Waals surface area contributed by atoms with Gasteiger partial charge >= 0.3 is 0 Å². The lowest BCUT2D eigenvalue weighted by Crippen LogP contribution is -2.69. The number of hydrogen-bond acceptors (Lipinski definition) is 10. The second-order valence-electron chi connectivity index (χ2n) is 7.52. The summed E-state index contributed by atoms with van der Waals surface area (Å²) in [5.74, 6) is -0.864. The molecule has 174 valence electrons.